The summed E-state index contributed by atoms with van der Waals surface area (Å²) in [6.45, 7) is 0. The zero-order valence-corrected chi connectivity index (χ0v) is 9.00. The molecule has 0 unspecified atom stereocenters. The van der Waals surface area contributed by atoms with E-state index in [0.717, 1.165) is 0 Å². The van der Waals surface area contributed by atoms with Gasteiger partial charge in [-0.1, -0.05) is 0 Å². The first-order valence-corrected chi connectivity index (χ1v) is 6.27. The molecule has 0 aromatic carbocycles. The third kappa shape index (κ3) is 3.19. The molecule has 6 nitrogen and oxygen atoms in total. The Morgan fingerprint density at radius 2 is 0.833 bits per heavy atom. The molecule has 0 saturated heterocycles. The summed E-state index contributed by atoms with van der Waals surface area (Å²) >= 11 is 0. The second-order valence-electron chi connectivity index (χ2n) is 2.70. The molecular weight excluding hydrogens is 345 g/mol. The van der Waals surface area contributed by atoms with Crippen LogP contribution in [0.1, 0.15) is 0 Å². The van der Waals surface area contributed by atoms with Gasteiger partial charge < -0.3 is 0 Å². The summed E-state index contributed by atoms with van der Waals surface area (Å²) < 4.78 is 115. The molecule has 0 atom stereocenters. The quantitative estimate of drug-likeness (QED) is 0.485. The fraction of sp³-hybridized carbons (Fsp3) is 1.00. The van der Waals surface area contributed by atoms with Crippen molar-refractivity contribution >= 4 is 71.4 Å². The van der Waals surface area contributed by atoms with Crippen LogP contribution < -0.4 is 10.3 Å². The van der Waals surface area contributed by atoms with Crippen molar-refractivity contribution in [3.8, 4) is 0 Å². The second kappa shape index (κ2) is 5.43. The van der Waals surface area contributed by atoms with Gasteiger partial charge in [0.15, 0.2) is 0 Å². The molecule has 0 radical (unpaired) electrons. The Morgan fingerprint density at radius 3 is 0.944 bits per heavy atom. The van der Waals surface area contributed by atoms with Crippen LogP contribution in [0, 0.1) is 0 Å². The summed E-state index contributed by atoms with van der Waals surface area (Å²) in [6, 6.07) is 0. The van der Waals surface area contributed by atoms with Crippen molar-refractivity contribution in [3.05, 3.63) is 0 Å². The molecule has 0 saturated carbocycles. The first kappa shape index (κ1) is 21.3. The average Bonchev–Trinajstić information content (AvgIpc) is 1.98. The van der Waals surface area contributed by atoms with Gasteiger partial charge in [0.05, 0.1) is 0 Å². The Hall–Kier alpha value is 1.04. The van der Waals surface area contributed by atoms with Crippen molar-refractivity contribution < 1.29 is 43.2 Å². The molecule has 0 bridgehead atoms. The van der Waals surface area contributed by atoms with Crippen molar-refractivity contribution in [1.29, 1.82) is 0 Å². The molecule has 0 aliphatic carbocycles. The van der Waals surface area contributed by atoms with Crippen LogP contribution >= 0.6 is 0 Å². The van der Waals surface area contributed by atoms with Gasteiger partial charge in [0, 0.05) is 0 Å². The minimum absolute atomic E-state index is 0. The van der Waals surface area contributed by atoms with Crippen LogP contribution in [0.25, 0.3) is 0 Å². The third-order valence-electron chi connectivity index (χ3n) is 1.45. The van der Waals surface area contributed by atoms with Gasteiger partial charge in [-0.2, -0.15) is 26.3 Å². The topological polar surface area (TPSA) is 120 Å². The molecule has 0 fully saturated rings. The van der Waals surface area contributed by atoms with E-state index >= 15 is 0 Å². The van der Waals surface area contributed by atoms with Crippen LogP contribution in [0.4, 0.5) is 26.3 Å². The normalized spacial score (nSPS) is 15.1. The predicted octanol–water partition coefficient (Wildman–Crippen LogP) is -1.26. The van der Waals surface area contributed by atoms with Crippen molar-refractivity contribution in [1.82, 2.24) is 0 Å². The Balaban J connectivity index is 0. The van der Waals surface area contributed by atoms with Crippen molar-refractivity contribution in [2.45, 2.75) is 16.4 Å². The van der Waals surface area contributed by atoms with E-state index in [1.807, 2.05) is 0 Å². The molecule has 0 spiro atoms. The minimum atomic E-state index is -6.83. The van der Waals surface area contributed by atoms with Crippen LogP contribution in [-0.4, -0.2) is 84.7 Å². The summed E-state index contributed by atoms with van der Waals surface area (Å²) in [5.74, 6) is -6.83. The molecule has 4 N–H and O–H groups in total. The molecule has 0 rings (SSSR count). The number of hydrogen-bond acceptors (Lipinski definition) is 4. The molecule has 15 heteroatoms. The maximum absolute atomic E-state index is 12.6. The van der Waals surface area contributed by atoms with E-state index in [-0.39, 0.29) is 51.4 Å². The number of primary sulfonamides is 2. The fourth-order valence-corrected chi connectivity index (χ4v) is 1.56. The van der Waals surface area contributed by atoms with Crippen LogP contribution in [0.5, 0.6) is 0 Å². The van der Waals surface area contributed by atoms with Crippen LogP contribution in [0.3, 0.4) is 0 Å². The summed E-state index contributed by atoms with van der Waals surface area (Å²) in [5, 5.41) is -5.81. The van der Waals surface area contributed by atoms with Gasteiger partial charge in [-0.05, 0) is 0 Å². The summed E-state index contributed by atoms with van der Waals surface area (Å²) in [6.07, 6.45) is 0. The molecule has 0 aromatic heterocycles. The molecule has 0 aliphatic heterocycles. The van der Waals surface area contributed by atoms with E-state index in [1.165, 1.54) is 0 Å². The first-order chi connectivity index (χ1) is 7.00. The molecular formula is C3H5F6KN2O4S2. The molecule has 0 aromatic rings. The van der Waals surface area contributed by atoms with Crippen molar-refractivity contribution in [2.24, 2.45) is 10.3 Å². The number of rotatable bonds is 4. The van der Waals surface area contributed by atoms with E-state index in [4.69, 9.17) is 0 Å². The Bertz CT molecular complexity index is 469. The van der Waals surface area contributed by atoms with E-state index in [0.29, 0.717) is 0 Å². The van der Waals surface area contributed by atoms with Crippen LogP contribution in [0.15, 0.2) is 0 Å². The summed E-state index contributed by atoms with van der Waals surface area (Å²) in [4.78, 5) is 0. The fourth-order valence-electron chi connectivity index (χ4n) is 0.527. The number of nitrogens with two attached hydrogens (primary N) is 2. The third-order valence-corrected chi connectivity index (χ3v) is 3.39. The first-order valence-electron chi connectivity index (χ1n) is 3.18. The Morgan fingerprint density at radius 1 is 0.667 bits per heavy atom. The van der Waals surface area contributed by atoms with Gasteiger partial charge >= 0.3 is 67.8 Å². The van der Waals surface area contributed by atoms with E-state index in [1.54, 1.807) is 0 Å². The molecule has 0 amide bonds. The van der Waals surface area contributed by atoms with Crippen molar-refractivity contribution in [3.63, 3.8) is 0 Å². The zero-order chi connectivity index (χ0) is 14.5. The van der Waals surface area contributed by atoms with Gasteiger partial charge in [-0.15, -0.1) is 0 Å². The van der Waals surface area contributed by atoms with Gasteiger partial charge in [-0.25, -0.2) is 27.1 Å². The van der Waals surface area contributed by atoms with Crippen LogP contribution in [0.2, 0.25) is 0 Å². The Kier molecular flexibility index (Phi) is 6.44. The standard InChI is InChI=1S/C3H4F6N2O4S2.K.H/c4-1(5,2(6,7)16(10,12)13)3(8,9)17(11,14)15;;/h(H2,10,12,13)(H2,11,14,15);;. The summed E-state index contributed by atoms with van der Waals surface area (Å²) in [5.41, 5.74) is 0. The van der Waals surface area contributed by atoms with Gasteiger partial charge in [0.1, 0.15) is 0 Å². The second-order valence-corrected chi connectivity index (χ2v) is 5.90. The number of halogens is 6. The Labute approximate surface area is 140 Å². The average molecular weight is 350 g/mol. The SMILES string of the molecule is NS(=O)(=O)C(F)(F)C(F)(F)C(F)(F)S(N)(=O)=O.[KH]. The summed E-state index contributed by atoms with van der Waals surface area (Å²) in [7, 11) is -13.0. The van der Waals surface area contributed by atoms with E-state index < -0.39 is 36.5 Å². The zero-order valence-electron chi connectivity index (χ0n) is 7.37. The molecule has 0 heterocycles. The molecule has 18 heavy (non-hydrogen) atoms. The number of alkyl halides is 6. The van der Waals surface area contributed by atoms with Gasteiger partial charge in [-0.3, -0.25) is 0 Å². The van der Waals surface area contributed by atoms with Crippen molar-refractivity contribution in [2.75, 3.05) is 0 Å². The monoisotopic (exact) mass is 350 g/mol. The predicted molar refractivity (Wildman–Crippen MR) is 48.2 cm³/mol. The number of hydrogen-bond donors (Lipinski definition) is 2. The van der Waals surface area contributed by atoms with E-state index in [2.05, 4.69) is 10.3 Å². The van der Waals surface area contributed by atoms with Gasteiger partial charge in [0.25, 0.3) is 20.0 Å². The molecule has 106 valence electrons. The number of sulfonamides is 2. The van der Waals surface area contributed by atoms with Gasteiger partial charge in [0.2, 0.25) is 0 Å². The van der Waals surface area contributed by atoms with Crippen LogP contribution in [-0.2, 0) is 20.0 Å². The molecule has 0 aliphatic rings. The van der Waals surface area contributed by atoms with E-state index in [9.17, 15) is 43.2 Å². The maximum atomic E-state index is 12.6.